The lowest BCUT2D eigenvalue weighted by atomic mass is 10.2. The van der Waals surface area contributed by atoms with Crippen LogP contribution in [-0.4, -0.2) is 50.1 Å². The molecule has 1 heterocycles. The fraction of sp³-hybridized carbons (Fsp3) is 0.462. The van der Waals surface area contributed by atoms with Crippen LogP contribution in [-0.2, 0) is 9.53 Å². The van der Waals surface area contributed by atoms with Crippen LogP contribution in [0.25, 0.3) is 0 Å². The standard InChI is InChI=1S/C13H19ClN4O3/c1-3-15-12-10(14)6-9(7-17-12)13(20)18-8-11(19)16-4-5-21-2/h6-7H,3-5,8H2,1-2H3,(H,15,17)(H,16,19)(H,18,20). The lowest BCUT2D eigenvalue weighted by Gasteiger charge is -2.08. The summed E-state index contributed by atoms with van der Waals surface area (Å²) in [5.74, 6) is -0.175. The quantitative estimate of drug-likeness (QED) is 0.613. The van der Waals surface area contributed by atoms with Crippen molar-refractivity contribution < 1.29 is 14.3 Å². The number of nitrogens with zero attached hydrogens (tertiary/aromatic N) is 1. The Kier molecular flexibility index (Phi) is 7.49. The summed E-state index contributed by atoms with van der Waals surface area (Å²) in [5.41, 5.74) is 0.298. The van der Waals surface area contributed by atoms with Gasteiger partial charge in [-0.2, -0.15) is 0 Å². The summed E-state index contributed by atoms with van der Waals surface area (Å²) < 4.78 is 4.80. The highest BCUT2D eigenvalue weighted by Crippen LogP contribution is 2.19. The Morgan fingerprint density at radius 3 is 2.76 bits per heavy atom. The van der Waals surface area contributed by atoms with Crippen molar-refractivity contribution >= 4 is 29.2 Å². The Bertz CT molecular complexity index is 496. The van der Waals surface area contributed by atoms with Crippen molar-refractivity contribution in [3.8, 4) is 0 Å². The van der Waals surface area contributed by atoms with Crippen LogP contribution in [0.2, 0.25) is 5.02 Å². The zero-order valence-corrected chi connectivity index (χ0v) is 12.8. The number of hydrogen-bond donors (Lipinski definition) is 3. The predicted octanol–water partition coefficient (Wildman–Crippen LogP) is 0.659. The summed E-state index contributed by atoms with van der Waals surface area (Å²) in [5, 5.41) is 8.42. The SMILES string of the molecule is CCNc1ncc(C(=O)NCC(=O)NCCOC)cc1Cl. The Morgan fingerprint density at radius 2 is 2.14 bits per heavy atom. The molecule has 0 bridgehead atoms. The summed E-state index contributed by atoms with van der Waals surface area (Å²) in [7, 11) is 1.54. The van der Waals surface area contributed by atoms with Gasteiger partial charge in [-0.15, -0.1) is 0 Å². The van der Waals surface area contributed by atoms with E-state index in [-0.39, 0.29) is 12.5 Å². The maximum atomic E-state index is 11.9. The van der Waals surface area contributed by atoms with Gasteiger partial charge >= 0.3 is 0 Å². The first-order valence-electron chi connectivity index (χ1n) is 6.51. The average Bonchev–Trinajstić information content (AvgIpc) is 2.47. The van der Waals surface area contributed by atoms with Gasteiger partial charge in [0.05, 0.1) is 23.7 Å². The molecule has 0 saturated heterocycles. The molecule has 1 aromatic rings. The van der Waals surface area contributed by atoms with E-state index in [2.05, 4.69) is 20.9 Å². The van der Waals surface area contributed by atoms with Crippen LogP contribution in [0.1, 0.15) is 17.3 Å². The minimum atomic E-state index is -0.408. The third-order valence-electron chi connectivity index (χ3n) is 2.49. The first kappa shape index (κ1) is 17.2. The third-order valence-corrected chi connectivity index (χ3v) is 2.77. The molecule has 0 aromatic carbocycles. The molecule has 7 nitrogen and oxygen atoms in total. The molecular weight excluding hydrogens is 296 g/mol. The zero-order chi connectivity index (χ0) is 15.7. The van der Waals surface area contributed by atoms with E-state index in [1.165, 1.54) is 12.3 Å². The Balaban J connectivity index is 2.48. The van der Waals surface area contributed by atoms with Gasteiger partial charge in [0.2, 0.25) is 5.91 Å². The third kappa shape index (κ3) is 5.97. The smallest absolute Gasteiger partial charge is 0.253 e. The highest BCUT2D eigenvalue weighted by molar-refractivity contribution is 6.33. The fourth-order valence-electron chi connectivity index (χ4n) is 1.48. The van der Waals surface area contributed by atoms with Gasteiger partial charge in [0.25, 0.3) is 5.91 Å². The molecule has 8 heteroatoms. The van der Waals surface area contributed by atoms with Crippen LogP contribution in [0.5, 0.6) is 0 Å². The van der Waals surface area contributed by atoms with Crippen molar-refractivity contribution in [3.63, 3.8) is 0 Å². The topological polar surface area (TPSA) is 92.4 Å². The molecule has 1 aromatic heterocycles. The highest BCUT2D eigenvalue weighted by Gasteiger charge is 2.11. The van der Waals surface area contributed by atoms with Gasteiger partial charge in [0.15, 0.2) is 0 Å². The van der Waals surface area contributed by atoms with Crippen LogP contribution < -0.4 is 16.0 Å². The van der Waals surface area contributed by atoms with Crippen LogP contribution in [0.15, 0.2) is 12.3 Å². The first-order chi connectivity index (χ1) is 10.1. The Labute approximate surface area is 128 Å². The van der Waals surface area contributed by atoms with Gasteiger partial charge < -0.3 is 20.7 Å². The molecule has 0 fully saturated rings. The number of carbonyl (C=O) groups is 2. The van der Waals surface area contributed by atoms with Gasteiger partial charge in [-0.1, -0.05) is 11.6 Å². The second-order valence-corrected chi connectivity index (χ2v) is 4.52. The van der Waals surface area contributed by atoms with E-state index in [9.17, 15) is 9.59 Å². The molecule has 0 spiro atoms. The van der Waals surface area contributed by atoms with Crippen LogP contribution >= 0.6 is 11.6 Å². The van der Waals surface area contributed by atoms with Gasteiger partial charge in [0.1, 0.15) is 5.82 Å². The molecule has 21 heavy (non-hydrogen) atoms. The Hall–Kier alpha value is -1.86. The molecule has 0 radical (unpaired) electrons. The summed E-state index contributed by atoms with van der Waals surface area (Å²) in [6.45, 7) is 3.30. The number of rotatable bonds is 8. The molecule has 0 atom stereocenters. The zero-order valence-electron chi connectivity index (χ0n) is 12.0. The minimum Gasteiger partial charge on any atom is -0.383 e. The fourth-order valence-corrected chi connectivity index (χ4v) is 1.71. The van der Waals surface area contributed by atoms with Crippen molar-refractivity contribution in [2.24, 2.45) is 0 Å². The van der Waals surface area contributed by atoms with Crippen molar-refractivity contribution in [3.05, 3.63) is 22.8 Å². The number of hydrogen-bond acceptors (Lipinski definition) is 5. The second kappa shape index (κ2) is 9.15. The number of carbonyl (C=O) groups excluding carboxylic acids is 2. The van der Waals surface area contributed by atoms with Crippen LogP contribution in [0.3, 0.4) is 0 Å². The number of pyridine rings is 1. The van der Waals surface area contributed by atoms with Crippen molar-refractivity contribution in [2.45, 2.75) is 6.92 Å². The Morgan fingerprint density at radius 1 is 1.38 bits per heavy atom. The monoisotopic (exact) mass is 314 g/mol. The van der Waals surface area contributed by atoms with E-state index in [1.54, 1.807) is 7.11 Å². The number of amides is 2. The summed E-state index contributed by atoms with van der Waals surface area (Å²) in [6, 6.07) is 1.50. The van der Waals surface area contributed by atoms with E-state index in [4.69, 9.17) is 16.3 Å². The van der Waals surface area contributed by atoms with Gasteiger partial charge in [-0.3, -0.25) is 9.59 Å². The predicted molar refractivity (Wildman–Crippen MR) is 80.6 cm³/mol. The van der Waals surface area contributed by atoms with Crippen molar-refractivity contribution in [1.29, 1.82) is 0 Å². The van der Waals surface area contributed by atoms with E-state index >= 15 is 0 Å². The molecular formula is C13H19ClN4O3. The van der Waals surface area contributed by atoms with E-state index in [0.717, 1.165) is 0 Å². The van der Waals surface area contributed by atoms with Crippen molar-refractivity contribution in [2.75, 3.05) is 38.7 Å². The molecule has 3 N–H and O–H groups in total. The number of halogens is 1. The lowest BCUT2D eigenvalue weighted by Crippen LogP contribution is -2.38. The largest absolute Gasteiger partial charge is 0.383 e. The summed E-state index contributed by atoms with van der Waals surface area (Å²) in [6.07, 6.45) is 1.40. The number of ether oxygens (including phenoxy) is 1. The van der Waals surface area contributed by atoms with Crippen LogP contribution in [0.4, 0.5) is 5.82 Å². The number of aromatic nitrogens is 1. The summed E-state index contributed by atoms with van der Waals surface area (Å²) >= 11 is 6.00. The molecule has 1 rings (SSSR count). The van der Waals surface area contributed by atoms with Crippen LogP contribution in [0, 0.1) is 0 Å². The number of nitrogens with one attached hydrogen (secondary N) is 3. The molecule has 0 aliphatic heterocycles. The minimum absolute atomic E-state index is 0.116. The molecule has 0 aliphatic carbocycles. The van der Waals surface area contributed by atoms with E-state index < -0.39 is 5.91 Å². The van der Waals surface area contributed by atoms with Gasteiger partial charge in [-0.25, -0.2) is 4.98 Å². The highest BCUT2D eigenvalue weighted by atomic mass is 35.5. The average molecular weight is 315 g/mol. The maximum Gasteiger partial charge on any atom is 0.253 e. The molecule has 116 valence electrons. The molecule has 0 aliphatic rings. The van der Waals surface area contributed by atoms with E-state index in [0.29, 0.717) is 36.1 Å². The number of methoxy groups -OCH3 is 1. The van der Waals surface area contributed by atoms with Gasteiger partial charge in [-0.05, 0) is 13.0 Å². The molecule has 0 unspecified atom stereocenters. The first-order valence-corrected chi connectivity index (χ1v) is 6.89. The molecule has 0 saturated carbocycles. The number of anilines is 1. The second-order valence-electron chi connectivity index (χ2n) is 4.11. The molecule has 2 amide bonds. The van der Waals surface area contributed by atoms with E-state index in [1.807, 2.05) is 6.92 Å². The van der Waals surface area contributed by atoms with Gasteiger partial charge in [0, 0.05) is 26.4 Å². The summed E-state index contributed by atoms with van der Waals surface area (Å²) in [4.78, 5) is 27.3. The normalized spacial score (nSPS) is 10.0. The maximum absolute atomic E-state index is 11.9. The lowest BCUT2D eigenvalue weighted by molar-refractivity contribution is -0.120. The van der Waals surface area contributed by atoms with Crippen molar-refractivity contribution in [1.82, 2.24) is 15.6 Å².